The van der Waals surface area contributed by atoms with Gasteiger partial charge in [0.2, 0.25) is 11.8 Å². The molecule has 1 aromatic heterocycles. The van der Waals surface area contributed by atoms with Crippen molar-refractivity contribution in [3.8, 4) is 0 Å². The lowest BCUT2D eigenvalue weighted by Crippen LogP contribution is -2.40. The maximum absolute atomic E-state index is 13.7. The van der Waals surface area contributed by atoms with Crippen molar-refractivity contribution in [3.05, 3.63) is 48.0 Å². The largest absolute Gasteiger partial charge is 0.351 e. The number of carbonyl (C=O) groups is 2. The minimum absolute atomic E-state index is 0.103. The minimum Gasteiger partial charge on any atom is -0.351 e. The predicted molar refractivity (Wildman–Crippen MR) is 91.4 cm³/mol. The van der Waals surface area contributed by atoms with Crippen LogP contribution in [-0.4, -0.2) is 34.2 Å². The van der Waals surface area contributed by atoms with E-state index in [9.17, 15) is 14.0 Å². The summed E-state index contributed by atoms with van der Waals surface area (Å²) in [5.74, 6) is -1.12. The van der Waals surface area contributed by atoms with Gasteiger partial charge in [-0.2, -0.15) is 5.10 Å². The van der Waals surface area contributed by atoms with Gasteiger partial charge in [-0.1, -0.05) is 6.07 Å². The Hall–Kier alpha value is -2.70. The molecule has 2 atom stereocenters. The van der Waals surface area contributed by atoms with Crippen molar-refractivity contribution >= 4 is 17.5 Å². The topological polar surface area (TPSA) is 67.2 Å². The SMILES string of the molecule is Cc1ccc(N2CC(C(=O)NC(C)Cn3cccn3)CC2=O)cc1F. The molecule has 1 aromatic carbocycles. The molecule has 1 N–H and O–H groups in total. The Morgan fingerprint density at radius 2 is 2.28 bits per heavy atom. The van der Waals surface area contributed by atoms with Crippen LogP contribution in [0.3, 0.4) is 0 Å². The summed E-state index contributed by atoms with van der Waals surface area (Å²) in [5.41, 5.74) is 1.02. The van der Waals surface area contributed by atoms with Crippen LogP contribution in [0, 0.1) is 18.7 Å². The second kappa shape index (κ2) is 7.04. The van der Waals surface area contributed by atoms with Crippen LogP contribution in [0.1, 0.15) is 18.9 Å². The monoisotopic (exact) mass is 344 g/mol. The van der Waals surface area contributed by atoms with E-state index in [4.69, 9.17) is 0 Å². The molecule has 0 saturated carbocycles. The van der Waals surface area contributed by atoms with E-state index in [1.54, 1.807) is 29.9 Å². The molecule has 7 heteroatoms. The highest BCUT2D eigenvalue weighted by atomic mass is 19.1. The average molecular weight is 344 g/mol. The molecule has 0 spiro atoms. The van der Waals surface area contributed by atoms with E-state index >= 15 is 0 Å². The number of nitrogens with zero attached hydrogens (tertiary/aromatic N) is 3. The zero-order chi connectivity index (χ0) is 18.0. The quantitative estimate of drug-likeness (QED) is 0.901. The fraction of sp³-hybridized carbons (Fsp3) is 0.389. The van der Waals surface area contributed by atoms with Gasteiger partial charge in [-0.05, 0) is 37.6 Å². The molecule has 0 bridgehead atoms. The van der Waals surface area contributed by atoms with Gasteiger partial charge in [-0.15, -0.1) is 0 Å². The number of rotatable bonds is 5. The van der Waals surface area contributed by atoms with E-state index in [1.165, 1.54) is 11.0 Å². The van der Waals surface area contributed by atoms with Gasteiger partial charge in [0, 0.05) is 37.1 Å². The first-order valence-electron chi connectivity index (χ1n) is 8.28. The molecule has 1 aliphatic rings. The minimum atomic E-state index is -0.433. The molecule has 1 aliphatic heterocycles. The third-order valence-corrected chi connectivity index (χ3v) is 4.37. The molecule has 1 saturated heterocycles. The number of halogens is 1. The summed E-state index contributed by atoms with van der Waals surface area (Å²) in [6.45, 7) is 4.39. The van der Waals surface area contributed by atoms with E-state index < -0.39 is 5.92 Å². The summed E-state index contributed by atoms with van der Waals surface area (Å²) in [5, 5.41) is 7.03. The fourth-order valence-electron chi connectivity index (χ4n) is 2.98. The van der Waals surface area contributed by atoms with Crippen molar-refractivity contribution in [2.24, 2.45) is 5.92 Å². The second-order valence-corrected chi connectivity index (χ2v) is 6.48. The van der Waals surface area contributed by atoms with Gasteiger partial charge < -0.3 is 10.2 Å². The third kappa shape index (κ3) is 3.87. The van der Waals surface area contributed by atoms with Crippen molar-refractivity contribution < 1.29 is 14.0 Å². The van der Waals surface area contributed by atoms with E-state index in [0.717, 1.165) is 0 Å². The Labute approximate surface area is 145 Å². The van der Waals surface area contributed by atoms with Crippen molar-refractivity contribution in [1.29, 1.82) is 0 Å². The molecule has 0 radical (unpaired) electrons. The summed E-state index contributed by atoms with van der Waals surface area (Å²) < 4.78 is 15.5. The number of nitrogens with one attached hydrogen (secondary N) is 1. The number of carbonyl (C=O) groups excluding carboxylic acids is 2. The number of anilines is 1. The Morgan fingerprint density at radius 3 is 2.96 bits per heavy atom. The molecule has 132 valence electrons. The standard InChI is InChI=1S/C18H21FN4O2/c1-12-4-5-15(9-16(12)19)23-11-14(8-17(23)24)18(25)21-13(2)10-22-7-3-6-20-22/h3-7,9,13-14H,8,10-11H2,1-2H3,(H,21,25). The summed E-state index contributed by atoms with van der Waals surface area (Å²) in [4.78, 5) is 26.1. The maximum Gasteiger partial charge on any atom is 0.227 e. The van der Waals surface area contributed by atoms with Crippen molar-refractivity contribution in [2.45, 2.75) is 32.9 Å². The first kappa shape index (κ1) is 17.1. The maximum atomic E-state index is 13.7. The molecule has 1 fully saturated rings. The van der Waals surface area contributed by atoms with Crippen molar-refractivity contribution in [2.75, 3.05) is 11.4 Å². The van der Waals surface area contributed by atoms with Crippen LogP contribution in [0.25, 0.3) is 0 Å². The van der Waals surface area contributed by atoms with Gasteiger partial charge in [0.1, 0.15) is 5.82 Å². The normalized spacial score (nSPS) is 18.4. The molecule has 2 heterocycles. The number of benzene rings is 1. The molecule has 25 heavy (non-hydrogen) atoms. The molecular weight excluding hydrogens is 323 g/mol. The second-order valence-electron chi connectivity index (χ2n) is 6.48. The Balaban J connectivity index is 1.61. The van der Waals surface area contributed by atoms with Crippen molar-refractivity contribution in [1.82, 2.24) is 15.1 Å². The summed E-state index contributed by atoms with van der Waals surface area (Å²) >= 11 is 0. The van der Waals surface area contributed by atoms with Gasteiger partial charge in [0.05, 0.1) is 12.5 Å². The first-order valence-corrected chi connectivity index (χ1v) is 8.28. The molecule has 2 unspecified atom stereocenters. The van der Waals surface area contributed by atoms with Crippen molar-refractivity contribution in [3.63, 3.8) is 0 Å². The van der Waals surface area contributed by atoms with Crippen LogP contribution in [0.4, 0.5) is 10.1 Å². The van der Waals surface area contributed by atoms with Gasteiger partial charge in [-0.25, -0.2) is 4.39 Å². The number of aryl methyl sites for hydroxylation is 1. The average Bonchev–Trinajstić information content (AvgIpc) is 3.19. The highest BCUT2D eigenvalue weighted by molar-refractivity contribution is 6.00. The van der Waals surface area contributed by atoms with Gasteiger partial charge in [-0.3, -0.25) is 14.3 Å². The van der Waals surface area contributed by atoms with Crippen LogP contribution in [0.2, 0.25) is 0 Å². The summed E-state index contributed by atoms with van der Waals surface area (Å²) in [6.07, 6.45) is 3.65. The molecule has 3 rings (SSSR count). The van der Waals surface area contributed by atoms with Gasteiger partial charge in [0.15, 0.2) is 0 Å². The third-order valence-electron chi connectivity index (χ3n) is 4.37. The number of amides is 2. The number of hydrogen-bond donors (Lipinski definition) is 1. The molecule has 0 aliphatic carbocycles. The zero-order valence-electron chi connectivity index (χ0n) is 14.3. The molecular formula is C18H21FN4O2. The Morgan fingerprint density at radius 1 is 1.48 bits per heavy atom. The summed E-state index contributed by atoms with van der Waals surface area (Å²) in [6, 6.07) is 6.40. The lowest BCUT2D eigenvalue weighted by atomic mass is 10.1. The molecule has 2 aromatic rings. The van der Waals surface area contributed by atoms with Gasteiger partial charge >= 0.3 is 0 Å². The van der Waals surface area contributed by atoms with Crippen LogP contribution in [0.15, 0.2) is 36.7 Å². The zero-order valence-corrected chi connectivity index (χ0v) is 14.3. The number of hydrogen-bond acceptors (Lipinski definition) is 3. The van der Waals surface area contributed by atoms with Crippen LogP contribution in [-0.2, 0) is 16.1 Å². The molecule has 6 nitrogen and oxygen atoms in total. The van der Waals surface area contributed by atoms with Crippen LogP contribution < -0.4 is 10.2 Å². The molecule has 2 amide bonds. The lowest BCUT2D eigenvalue weighted by Gasteiger charge is -2.19. The van der Waals surface area contributed by atoms with E-state index in [2.05, 4.69) is 10.4 Å². The lowest BCUT2D eigenvalue weighted by molar-refractivity contribution is -0.126. The predicted octanol–water partition coefficient (Wildman–Crippen LogP) is 1.89. The highest BCUT2D eigenvalue weighted by Gasteiger charge is 2.35. The smallest absolute Gasteiger partial charge is 0.227 e. The summed E-state index contributed by atoms with van der Waals surface area (Å²) in [7, 11) is 0. The Bertz CT molecular complexity index is 775. The van der Waals surface area contributed by atoms with Crippen LogP contribution in [0.5, 0.6) is 0 Å². The Kier molecular flexibility index (Phi) is 4.83. The van der Waals surface area contributed by atoms with Gasteiger partial charge in [0.25, 0.3) is 0 Å². The van der Waals surface area contributed by atoms with E-state index in [-0.39, 0.29) is 36.6 Å². The fourth-order valence-corrected chi connectivity index (χ4v) is 2.98. The highest BCUT2D eigenvalue weighted by Crippen LogP contribution is 2.26. The van der Waals surface area contributed by atoms with E-state index in [0.29, 0.717) is 17.8 Å². The number of aromatic nitrogens is 2. The van der Waals surface area contributed by atoms with E-state index in [1.807, 2.05) is 19.2 Å². The first-order chi connectivity index (χ1) is 11.9. The van der Waals surface area contributed by atoms with Crippen LogP contribution >= 0.6 is 0 Å².